The van der Waals surface area contributed by atoms with E-state index >= 15 is 0 Å². The van der Waals surface area contributed by atoms with Gasteiger partial charge in [-0.25, -0.2) is 9.59 Å². The molecule has 1 aromatic carbocycles. The van der Waals surface area contributed by atoms with Crippen molar-refractivity contribution in [3.8, 4) is 0 Å². The van der Waals surface area contributed by atoms with Crippen LogP contribution in [0.4, 0.5) is 0 Å². The Balaban J connectivity index is 2.96. The summed E-state index contributed by atoms with van der Waals surface area (Å²) in [6.07, 6.45) is 3.53. The molecular weight excluding hydrogens is 280 g/mol. The van der Waals surface area contributed by atoms with E-state index in [1.165, 1.54) is 0 Å². The Labute approximate surface area is 132 Å². The molecule has 0 N–H and O–H groups in total. The summed E-state index contributed by atoms with van der Waals surface area (Å²) in [5.41, 5.74) is 2.49. The fourth-order valence-electron chi connectivity index (χ4n) is 1.93. The van der Waals surface area contributed by atoms with Crippen molar-refractivity contribution in [1.82, 2.24) is 0 Å². The van der Waals surface area contributed by atoms with Gasteiger partial charge in [-0.2, -0.15) is 0 Å². The van der Waals surface area contributed by atoms with Crippen molar-refractivity contribution < 1.29 is 19.1 Å². The Morgan fingerprint density at radius 3 is 1.50 bits per heavy atom. The minimum Gasteiger partial charge on any atom is -0.462 e. The Hall–Kier alpha value is -1.84. The molecule has 0 radical (unpaired) electrons. The highest BCUT2D eigenvalue weighted by Crippen LogP contribution is 2.19. The Morgan fingerprint density at radius 2 is 1.18 bits per heavy atom. The van der Waals surface area contributed by atoms with Crippen molar-refractivity contribution in [3.05, 3.63) is 34.4 Å². The smallest absolute Gasteiger partial charge is 0.339 e. The quantitative estimate of drug-likeness (QED) is 0.533. The molecule has 0 unspecified atom stereocenters. The maximum atomic E-state index is 12.2. The lowest BCUT2D eigenvalue weighted by molar-refractivity contribution is 0.0452. The number of benzene rings is 1. The van der Waals surface area contributed by atoms with Gasteiger partial charge >= 0.3 is 11.9 Å². The zero-order valence-electron chi connectivity index (χ0n) is 14.0. The number of carbonyl (C=O) groups excluding carboxylic acids is 2. The van der Waals surface area contributed by atoms with Crippen LogP contribution in [0.25, 0.3) is 0 Å². The molecule has 4 nitrogen and oxygen atoms in total. The van der Waals surface area contributed by atoms with Gasteiger partial charge in [0.05, 0.1) is 24.3 Å². The lowest BCUT2D eigenvalue weighted by atomic mass is 10.00. The average Bonchev–Trinajstić information content (AvgIpc) is 2.49. The average molecular weight is 306 g/mol. The number of carbonyl (C=O) groups is 2. The predicted octanol–water partition coefficient (Wildman–Crippen LogP) is 4.22. The summed E-state index contributed by atoms with van der Waals surface area (Å²) < 4.78 is 10.5. The third kappa shape index (κ3) is 5.17. The highest BCUT2D eigenvalue weighted by atomic mass is 16.5. The van der Waals surface area contributed by atoms with E-state index in [1.54, 1.807) is 12.1 Å². The van der Waals surface area contributed by atoms with Crippen LogP contribution in [0.1, 0.15) is 71.4 Å². The van der Waals surface area contributed by atoms with Crippen molar-refractivity contribution in [2.24, 2.45) is 0 Å². The number of aryl methyl sites for hydroxylation is 2. The zero-order valence-corrected chi connectivity index (χ0v) is 14.0. The van der Waals surface area contributed by atoms with Crippen LogP contribution in [-0.4, -0.2) is 25.2 Å². The fraction of sp³-hybridized carbons (Fsp3) is 0.556. The molecule has 0 aliphatic heterocycles. The van der Waals surface area contributed by atoms with Gasteiger partial charge in [-0.15, -0.1) is 0 Å². The Morgan fingerprint density at radius 1 is 0.818 bits per heavy atom. The van der Waals surface area contributed by atoms with Crippen LogP contribution < -0.4 is 0 Å². The van der Waals surface area contributed by atoms with Crippen molar-refractivity contribution >= 4 is 11.9 Å². The first-order chi connectivity index (χ1) is 10.5. The monoisotopic (exact) mass is 306 g/mol. The third-order valence-electron chi connectivity index (χ3n) is 3.54. The summed E-state index contributed by atoms with van der Waals surface area (Å²) >= 11 is 0. The SMILES string of the molecule is CCCCOC(=O)c1cc(C)c(C)cc1C(=O)OCCCC. The standard InChI is InChI=1S/C18H26O4/c1-5-7-9-21-17(19)15-11-13(3)14(4)12-16(15)18(20)22-10-8-6-2/h11-12H,5-10H2,1-4H3. The molecule has 0 aliphatic carbocycles. The summed E-state index contributed by atoms with van der Waals surface area (Å²) in [6, 6.07) is 3.42. The van der Waals surface area contributed by atoms with Crippen molar-refractivity contribution in [2.75, 3.05) is 13.2 Å². The van der Waals surface area contributed by atoms with E-state index < -0.39 is 11.9 Å². The first-order valence-corrected chi connectivity index (χ1v) is 7.96. The van der Waals surface area contributed by atoms with Crippen molar-refractivity contribution in [1.29, 1.82) is 0 Å². The summed E-state index contributed by atoms with van der Waals surface area (Å²) in [7, 11) is 0. The number of esters is 2. The van der Waals surface area contributed by atoms with Crippen molar-refractivity contribution in [3.63, 3.8) is 0 Å². The molecule has 122 valence electrons. The van der Waals surface area contributed by atoms with Crippen LogP contribution in [0.5, 0.6) is 0 Å². The molecule has 0 saturated carbocycles. The molecule has 0 atom stereocenters. The second-order valence-electron chi connectivity index (χ2n) is 5.46. The number of unbranched alkanes of at least 4 members (excludes halogenated alkanes) is 2. The maximum absolute atomic E-state index is 12.2. The van der Waals surface area contributed by atoms with Gasteiger partial charge < -0.3 is 9.47 Å². The fourth-order valence-corrected chi connectivity index (χ4v) is 1.93. The maximum Gasteiger partial charge on any atom is 0.339 e. The number of rotatable bonds is 8. The molecule has 22 heavy (non-hydrogen) atoms. The van der Waals surface area contributed by atoms with Gasteiger partial charge in [-0.05, 0) is 49.9 Å². The molecule has 0 saturated heterocycles. The molecule has 0 fully saturated rings. The topological polar surface area (TPSA) is 52.6 Å². The minimum atomic E-state index is -0.459. The Bertz CT molecular complexity index is 473. The lowest BCUT2D eigenvalue weighted by Crippen LogP contribution is -2.16. The van der Waals surface area contributed by atoms with E-state index in [-0.39, 0.29) is 0 Å². The summed E-state index contributed by atoms with van der Waals surface area (Å²) in [5.74, 6) is -0.919. The summed E-state index contributed by atoms with van der Waals surface area (Å²) in [5, 5.41) is 0. The molecular formula is C18H26O4. The summed E-state index contributed by atoms with van der Waals surface area (Å²) in [4.78, 5) is 24.4. The highest BCUT2D eigenvalue weighted by molar-refractivity contribution is 6.03. The van der Waals surface area contributed by atoms with E-state index in [0.717, 1.165) is 36.8 Å². The minimum absolute atomic E-state index is 0.292. The molecule has 1 aromatic rings. The van der Waals surface area contributed by atoms with Crippen LogP contribution in [0.15, 0.2) is 12.1 Å². The normalized spacial score (nSPS) is 10.4. The molecule has 0 heterocycles. The largest absolute Gasteiger partial charge is 0.462 e. The van der Waals surface area contributed by atoms with E-state index in [0.29, 0.717) is 24.3 Å². The van der Waals surface area contributed by atoms with E-state index in [2.05, 4.69) is 0 Å². The lowest BCUT2D eigenvalue weighted by Gasteiger charge is -2.12. The van der Waals surface area contributed by atoms with Crippen molar-refractivity contribution in [2.45, 2.75) is 53.4 Å². The molecule has 0 amide bonds. The Kier molecular flexibility index (Phi) is 7.64. The van der Waals surface area contributed by atoms with E-state index in [9.17, 15) is 9.59 Å². The number of hydrogen-bond acceptors (Lipinski definition) is 4. The molecule has 4 heteroatoms. The van der Waals surface area contributed by atoms with E-state index in [4.69, 9.17) is 9.47 Å². The van der Waals surface area contributed by atoms with Gasteiger partial charge in [0.2, 0.25) is 0 Å². The van der Waals surface area contributed by atoms with Gasteiger partial charge in [0.1, 0.15) is 0 Å². The number of ether oxygens (including phenoxy) is 2. The first-order valence-electron chi connectivity index (χ1n) is 7.96. The number of hydrogen-bond donors (Lipinski definition) is 0. The van der Waals surface area contributed by atoms with Crippen LogP contribution in [0.2, 0.25) is 0 Å². The van der Waals surface area contributed by atoms with Crippen LogP contribution in [0, 0.1) is 13.8 Å². The van der Waals surface area contributed by atoms with Gasteiger partial charge in [0.15, 0.2) is 0 Å². The summed E-state index contributed by atoms with van der Waals surface area (Å²) in [6.45, 7) is 8.61. The van der Waals surface area contributed by atoms with Crippen LogP contribution in [0.3, 0.4) is 0 Å². The second kappa shape index (κ2) is 9.23. The second-order valence-corrected chi connectivity index (χ2v) is 5.46. The third-order valence-corrected chi connectivity index (χ3v) is 3.54. The van der Waals surface area contributed by atoms with E-state index in [1.807, 2.05) is 27.7 Å². The van der Waals surface area contributed by atoms with Gasteiger partial charge in [-0.1, -0.05) is 26.7 Å². The molecule has 0 bridgehead atoms. The molecule has 1 rings (SSSR count). The molecule has 0 aromatic heterocycles. The van der Waals surface area contributed by atoms with Crippen LogP contribution >= 0.6 is 0 Å². The first kappa shape index (κ1) is 18.2. The molecule has 0 aliphatic rings. The van der Waals surface area contributed by atoms with Gasteiger partial charge in [-0.3, -0.25) is 0 Å². The predicted molar refractivity (Wildman–Crippen MR) is 86.3 cm³/mol. The molecule has 0 spiro atoms. The van der Waals surface area contributed by atoms with Gasteiger partial charge in [0.25, 0.3) is 0 Å². The van der Waals surface area contributed by atoms with Gasteiger partial charge in [0, 0.05) is 0 Å². The van der Waals surface area contributed by atoms with Crippen LogP contribution in [-0.2, 0) is 9.47 Å². The highest BCUT2D eigenvalue weighted by Gasteiger charge is 2.20. The zero-order chi connectivity index (χ0) is 16.5.